The van der Waals surface area contributed by atoms with Gasteiger partial charge in [-0.1, -0.05) is 6.07 Å². The summed E-state index contributed by atoms with van der Waals surface area (Å²) in [7, 11) is 0. The monoisotopic (exact) mass is 408 g/mol. The zero-order valence-corrected chi connectivity index (χ0v) is 16.7. The molecule has 2 aromatic rings. The number of Topliss-reactive ketones (excluding diaryl/α,β-unsaturated/α-hetero) is 2. The lowest BCUT2D eigenvalue weighted by Gasteiger charge is -2.33. The molecule has 0 amide bonds. The summed E-state index contributed by atoms with van der Waals surface area (Å²) in [5.41, 5.74) is 2.31. The maximum atomic E-state index is 12.9. The molecule has 1 aliphatic heterocycles. The van der Waals surface area contributed by atoms with E-state index < -0.39 is 11.7 Å². The van der Waals surface area contributed by atoms with E-state index in [1.807, 2.05) is 4.90 Å². The molecular formula is C21H25F3N3O2+. The van der Waals surface area contributed by atoms with Gasteiger partial charge in [0.15, 0.2) is 5.78 Å². The second-order valence-corrected chi connectivity index (χ2v) is 7.57. The summed E-state index contributed by atoms with van der Waals surface area (Å²) in [4.78, 5) is 30.5. The van der Waals surface area contributed by atoms with E-state index in [4.69, 9.17) is 0 Å². The van der Waals surface area contributed by atoms with Crippen LogP contribution in [0.1, 0.15) is 44.6 Å². The number of halogens is 3. The molecule has 1 aliphatic rings. The largest absolute Gasteiger partial charge is 0.416 e. The van der Waals surface area contributed by atoms with Gasteiger partial charge in [0.25, 0.3) is 0 Å². The fraction of sp³-hybridized carbons (Fsp3) is 0.429. The molecule has 0 unspecified atom stereocenters. The molecule has 0 atom stereocenters. The number of alkyl halides is 3. The Morgan fingerprint density at radius 1 is 1.17 bits per heavy atom. The van der Waals surface area contributed by atoms with E-state index in [2.05, 4.69) is 4.98 Å². The van der Waals surface area contributed by atoms with Gasteiger partial charge in [-0.05, 0) is 44.5 Å². The molecule has 0 saturated carbocycles. The highest BCUT2D eigenvalue weighted by atomic mass is 19.4. The number of nitrogens with zero attached hydrogens (tertiary/aromatic N) is 1. The third kappa shape index (κ3) is 4.53. The molecule has 0 radical (unpaired) electrons. The second kappa shape index (κ2) is 8.02. The first-order chi connectivity index (χ1) is 13.6. The minimum absolute atomic E-state index is 0.0550. The van der Waals surface area contributed by atoms with Crippen LogP contribution in [0.2, 0.25) is 0 Å². The molecule has 1 aromatic heterocycles. The van der Waals surface area contributed by atoms with E-state index in [0.29, 0.717) is 54.4 Å². The van der Waals surface area contributed by atoms with Gasteiger partial charge in [0.2, 0.25) is 5.78 Å². The van der Waals surface area contributed by atoms with Crippen LogP contribution < -0.4 is 9.80 Å². The molecule has 156 valence electrons. The van der Waals surface area contributed by atoms with Crippen molar-refractivity contribution in [1.82, 2.24) is 4.98 Å². The lowest BCUT2D eigenvalue weighted by Crippen LogP contribution is -3.15. The van der Waals surface area contributed by atoms with Crippen molar-refractivity contribution in [3.63, 3.8) is 0 Å². The molecule has 2 N–H and O–H groups in total. The Hall–Kier alpha value is -2.61. The maximum Gasteiger partial charge on any atom is 0.416 e. The molecule has 5 nitrogen and oxygen atoms in total. The number of H-pyrrole nitrogens is 1. The SMILES string of the molecule is CC(=O)c1c(C)[nH]c(C(=O)C[NH+]2CCN(c3cccc(C(F)(F)F)c3)CC2)c1C. The van der Waals surface area contributed by atoms with Crippen molar-refractivity contribution in [2.24, 2.45) is 0 Å². The van der Waals surface area contributed by atoms with E-state index in [-0.39, 0.29) is 18.1 Å². The summed E-state index contributed by atoms with van der Waals surface area (Å²) in [6.07, 6.45) is -4.36. The first-order valence-corrected chi connectivity index (χ1v) is 9.57. The summed E-state index contributed by atoms with van der Waals surface area (Å²) >= 11 is 0. The number of rotatable bonds is 5. The first-order valence-electron chi connectivity index (χ1n) is 9.57. The average molecular weight is 408 g/mol. The molecule has 29 heavy (non-hydrogen) atoms. The van der Waals surface area contributed by atoms with Gasteiger partial charge in [-0.2, -0.15) is 13.2 Å². The Balaban J connectivity index is 1.63. The van der Waals surface area contributed by atoms with Crippen molar-refractivity contribution >= 4 is 17.3 Å². The van der Waals surface area contributed by atoms with Crippen molar-refractivity contribution < 1.29 is 27.7 Å². The number of carbonyl (C=O) groups excluding carboxylic acids is 2. The fourth-order valence-corrected chi connectivity index (χ4v) is 4.01. The first kappa shape index (κ1) is 21.1. The number of aromatic amines is 1. The Morgan fingerprint density at radius 3 is 2.38 bits per heavy atom. The van der Waals surface area contributed by atoms with Crippen LogP contribution >= 0.6 is 0 Å². The minimum Gasteiger partial charge on any atom is -0.360 e. The third-order valence-corrected chi connectivity index (χ3v) is 5.49. The summed E-state index contributed by atoms with van der Waals surface area (Å²) in [5.74, 6) is -0.127. The molecule has 3 rings (SSSR count). The highest BCUT2D eigenvalue weighted by molar-refractivity contribution is 6.03. The molecule has 8 heteroatoms. The highest BCUT2D eigenvalue weighted by Crippen LogP contribution is 2.31. The van der Waals surface area contributed by atoms with Crippen LogP contribution in [0.4, 0.5) is 18.9 Å². The van der Waals surface area contributed by atoms with Gasteiger partial charge in [0.05, 0.1) is 37.4 Å². The fourth-order valence-electron chi connectivity index (χ4n) is 4.01. The van der Waals surface area contributed by atoms with E-state index in [1.54, 1.807) is 19.9 Å². The second-order valence-electron chi connectivity index (χ2n) is 7.57. The number of quaternary nitrogens is 1. The maximum absolute atomic E-state index is 12.9. The van der Waals surface area contributed by atoms with Gasteiger partial charge >= 0.3 is 6.18 Å². The topological polar surface area (TPSA) is 57.6 Å². The van der Waals surface area contributed by atoms with Crippen molar-refractivity contribution in [1.29, 1.82) is 0 Å². The summed E-state index contributed by atoms with van der Waals surface area (Å²) in [5, 5.41) is 0. The van der Waals surface area contributed by atoms with Gasteiger partial charge in [-0.15, -0.1) is 0 Å². The Labute approximate surface area is 167 Å². The lowest BCUT2D eigenvalue weighted by atomic mass is 10.1. The number of carbonyl (C=O) groups is 2. The number of ketones is 2. The van der Waals surface area contributed by atoms with E-state index in [0.717, 1.165) is 11.0 Å². The number of anilines is 1. The number of hydrogen-bond acceptors (Lipinski definition) is 3. The van der Waals surface area contributed by atoms with Crippen LogP contribution in [0.15, 0.2) is 24.3 Å². The van der Waals surface area contributed by atoms with Crippen LogP contribution in [0.5, 0.6) is 0 Å². The van der Waals surface area contributed by atoms with Crippen molar-refractivity contribution in [3.8, 4) is 0 Å². The van der Waals surface area contributed by atoms with Crippen molar-refractivity contribution in [3.05, 3.63) is 52.3 Å². The third-order valence-electron chi connectivity index (χ3n) is 5.49. The van der Waals surface area contributed by atoms with Crippen LogP contribution in [0.3, 0.4) is 0 Å². The van der Waals surface area contributed by atoms with Gasteiger partial charge in [0.1, 0.15) is 6.54 Å². The van der Waals surface area contributed by atoms with Crippen LogP contribution in [0, 0.1) is 13.8 Å². The van der Waals surface area contributed by atoms with Gasteiger partial charge < -0.3 is 14.8 Å². The number of aromatic nitrogens is 1. The molecule has 0 bridgehead atoms. The van der Waals surface area contributed by atoms with Crippen molar-refractivity contribution in [2.75, 3.05) is 37.6 Å². The zero-order valence-electron chi connectivity index (χ0n) is 16.7. The Kier molecular flexibility index (Phi) is 5.84. The van der Waals surface area contributed by atoms with Gasteiger partial charge in [0, 0.05) is 16.9 Å². The predicted octanol–water partition coefficient (Wildman–Crippen LogP) is 2.44. The number of nitrogens with one attached hydrogen (secondary N) is 2. The van der Waals surface area contributed by atoms with Crippen LogP contribution in [0.25, 0.3) is 0 Å². The molecule has 1 aromatic carbocycles. The molecule has 0 spiro atoms. The molecule has 0 aliphatic carbocycles. The molecule has 1 saturated heterocycles. The Morgan fingerprint density at radius 2 is 1.83 bits per heavy atom. The number of aryl methyl sites for hydroxylation is 1. The van der Waals surface area contributed by atoms with Crippen LogP contribution in [-0.4, -0.2) is 49.3 Å². The number of benzene rings is 1. The van der Waals surface area contributed by atoms with E-state index in [1.165, 1.54) is 19.1 Å². The molecular weight excluding hydrogens is 383 g/mol. The number of hydrogen-bond donors (Lipinski definition) is 2. The van der Waals surface area contributed by atoms with Gasteiger partial charge in [-0.25, -0.2) is 0 Å². The van der Waals surface area contributed by atoms with Crippen molar-refractivity contribution in [2.45, 2.75) is 26.9 Å². The summed E-state index contributed by atoms with van der Waals surface area (Å²) in [6, 6.07) is 5.34. The molecule has 1 fully saturated rings. The predicted molar refractivity (Wildman–Crippen MR) is 104 cm³/mol. The normalized spacial score (nSPS) is 15.6. The van der Waals surface area contributed by atoms with Crippen LogP contribution in [-0.2, 0) is 6.18 Å². The van der Waals surface area contributed by atoms with Gasteiger partial charge in [-0.3, -0.25) is 9.59 Å². The molecule has 2 heterocycles. The standard InChI is InChI=1S/C21H24F3N3O2/c1-13-19(15(3)28)14(2)25-20(13)18(29)12-26-7-9-27(10-8-26)17-6-4-5-16(11-17)21(22,23)24/h4-6,11,25H,7-10,12H2,1-3H3/p+1. The minimum atomic E-state index is -4.36. The van der Waals surface area contributed by atoms with E-state index >= 15 is 0 Å². The Bertz CT molecular complexity index is 926. The van der Waals surface area contributed by atoms with E-state index in [9.17, 15) is 22.8 Å². The highest BCUT2D eigenvalue weighted by Gasteiger charge is 2.31. The number of piperazine rings is 1. The smallest absolute Gasteiger partial charge is 0.360 e. The zero-order chi connectivity index (χ0) is 21.3. The average Bonchev–Trinajstić information content (AvgIpc) is 2.96. The summed E-state index contributed by atoms with van der Waals surface area (Å²) < 4.78 is 38.8. The summed E-state index contributed by atoms with van der Waals surface area (Å²) in [6.45, 7) is 7.77. The lowest BCUT2D eigenvalue weighted by molar-refractivity contribution is -0.892. The quantitative estimate of drug-likeness (QED) is 0.748.